The Morgan fingerprint density at radius 2 is 1.67 bits per heavy atom. The summed E-state index contributed by atoms with van der Waals surface area (Å²) in [5, 5.41) is 0. The summed E-state index contributed by atoms with van der Waals surface area (Å²) in [5.41, 5.74) is 4.91. The lowest BCUT2D eigenvalue weighted by Crippen LogP contribution is -2.00. The first-order chi connectivity index (χ1) is 10.3. The molecule has 104 valence electrons. The first-order valence-electron chi connectivity index (χ1n) is 7.02. The molecule has 0 N–H and O–H groups in total. The van der Waals surface area contributed by atoms with Crippen molar-refractivity contribution in [2.24, 2.45) is 0 Å². The minimum Gasteiger partial charge on any atom is -0.473 e. The summed E-state index contributed by atoms with van der Waals surface area (Å²) in [7, 11) is 0. The molecule has 1 aromatic heterocycles. The van der Waals surface area contributed by atoms with Crippen molar-refractivity contribution >= 4 is 0 Å². The van der Waals surface area contributed by atoms with Gasteiger partial charge in [0.25, 0.3) is 0 Å². The molecule has 2 nitrogen and oxygen atoms in total. The molecule has 3 aromatic rings. The highest BCUT2D eigenvalue weighted by Crippen LogP contribution is 2.26. The fraction of sp³-hybridized carbons (Fsp3) is 0.105. The molecule has 0 aliphatic carbocycles. The number of hydrogen-bond acceptors (Lipinski definition) is 2. The van der Waals surface area contributed by atoms with Crippen molar-refractivity contribution < 1.29 is 4.74 Å². The Hall–Kier alpha value is -2.61. The maximum Gasteiger partial charge on any atom is 0.213 e. The molecule has 3 rings (SSSR count). The zero-order valence-electron chi connectivity index (χ0n) is 12.0. The highest BCUT2D eigenvalue weighted by atomic mass is 16.5. The molecule has 0 amide bonds. The number of benzene rings is 2. The normalized spacial score (nSPS) is 10.3. The van der Waals surface area contributed by atoms with Gasteiger partial charge < -0.3 is 4.74 Å². The Bertz CT molecular complexity index is 708. The minimum absolute atomic E-state index is 0.531. The second kappa shape index (κ2) is 6.23. The van der Waals surface area contributed by atoms with Gasteiger partial charge in [-0.1, -0.05) is 54.6 Å². The van der Waals surface area contributed by atoms with Crippen LogP contribution in [-0.4, -0.2) is 4.98 Å². The Morgan fingerprint density at radius 3 is 2.43 bits per heavy atom. The van der Waals surface area contributed by atoms with Crippen LogP contribution in [0.3, 0.4) is 0 Å². The van der Waals surface area contributed by atoms with E-state index in [1.165, 1.54) is 22.3 Å². The molecule has 1 heterocycles. The molecule has 0 bridgehead atoms. The van der Waals surface area contributed by atoms with Gasteiger partial charge in [-0.25, -0.2) is 4.98 Å². The summed E-state index contributed by atoms with van der Waals surface area (Å²) < 4.78 is 5.75. The van der Waals surface area contributed by atoms with E-state index in [2.05, 4.69) is 54.4 Å². The van der Waals surface area contributed by atoms with Crippen molar-refractivity contribution in [2.45, 2.75) is 13.5 Å². The van der Waals surface area contributed by atoms with Gasteiger partial charge in [0.1, 0.15) is 6.61 Å². The van der Waals surface area contributed by atoms with Crippen LogP contribution in [0.15, 0.2) is 72.9 Å². The van der Waals surface area contributed by atoms with Gasteiger partial charge in [0.2, 0.25) is 5.88 Å². The van der Waals surface area contributed by atoms with E-state index in [0.29, 0.717) is 12.5 Å². The van der Waals surface area contributed by atoms with E-state index in [0.717, 1.165) is 0 Å². The second-order valence-electron chi connectivity index (χ2n) is 4.91. The highest BCUT2D eigenvalue weighted by Gasteiger charge is 2.06. The summed E-state index contributed by atoms with van der Waals surface area (Å²) in [6.45, 7) is 2.67. The van der Waals surface area contributed by atoms with E-state index < -0.39 is 0 Å². The van der Waals surface area contributed by atoms with Crippen LogP contribution in [0.5, 0.6) is 5.88 Å². The second-order valence-corrected chi connectivity index (χ2v) is 4.91. The number of rotatable bonds is 4. The molecule has 0 atom stereocenters. The molecule has 2 aromatic carbocycles. The molecule has 0 fully saturated rings. The zero-order chi connectivity index (χ0) is 14.5. The summed E-state index contributed by atoms with van der Waals surface area (Å²) in [6, 6.07) is 22.4. The van der Waals surface area contributed by atoms with Gasteiger partial charge in [-0.15, -0.1) is 0 Å². The van der Waals surface area contributed by atoms with E-state index in [1.807, 2.05) is 24.3 Å². The largest absolute Gasteiger partial charge is 0.473 e. The highest BCUT2D eigenvalue weighted by molar-refractivity contribution is 5.68. The third-order valence-electron chi connectivity index (χ3n) is 3.54. The van der Waals surface area contributed by atoms with Crippen LogP contribution in [0, 0.1) is 6.92 Å². The van der Waals surface area contributed by atoms with E-state index in [1.54, 1.807) is 6.20 Å². The summed E-state index contributed by atoms with van der Waals surface area (Å²) in [4.78, 5) is 4.18. The standard InChI is InChI=1S/C19H17NO/c1-15-17(14-21-19-12-5-6-13-20-19)10-7-11-18(15)16-8-3-2-4-9-16/h2-13H,14H2,1H3. The summed E-state index contributed by atoms with van der Waals surface area (Å²) in [6.07, 6.45) is 1.74. The topological polar surface area (TPSA) is 22.1 Å². The number of nitrogens with zero attached hydrogens (tertiary/aromatic N) is 1. The van der Waals surface area contributed by atoms with Crippen LogP contribution in [0.25, 0.3) is 11.1 Å². The molecule has 0 saturated heterocycles. The van der Waals surface area contributed by atoms with Crippen LogP contribution < -0.4 is 4.74 Å². The fourth-order valence-electron chi connectivity index (χ4n) is 2.35. The van der Waals surface area contributed by atoms with Gasteiger partial charge in [-0.2, -0.15) is 0 Å². The van der Waals surface area contributed by atoms with E-state index in [9.17, 15) is 0 Å². The molecule has 0 aliphatic rings. The molecule has 21 heavy (non-hydrogen) atoms. The van der Waals surface area contributed by atoms with E-state index >= 15 is 0 Å². The van der Waals surface area contributed by atoms with Crippen LogP contribution in [0.4, 0.5) is 0 Å². The number of hydrogen-bond donors (Lipinski definition) is 0. The predicted molar refractivity (Wildman–Crippen MR) is 85.2 cm³/mol. The van der Waals surface area contributed by atoms with Crippen LogP contribution in [-0.2, 0) is 6.61 Å². The molecule has 2 heteroatoms. The SMILES string of the molecule is Cc1c(COc2ccccn2)cccc1-c1ccccc1. The average Bonchev–Trinajstić information content (AvgIpc) is 2.56. The molecule has 0 saturated carbocycles. The maximum atomic E-state index is 5.75. The summed E-state index contributed by atoms with van der Waals surface area (Å²) >= 11 is 0. The van der Waals surface area contributed by atoms with Gasteiger partial charge in [0, 0.05) is 12.3 Å². The van der Waals surface area contributed by atoms with Gasteiger partial charge in [0.05, 0.1) is 0 Å². The number of pyridine rings is 1. The van der Waals surface area contributed by atoms with Crippen molar-refractivity contribution in [3.8, 4) is 17.0 Å². The third-order valence-corrected chi connectivity index (χ3v) is 3.54. The van der Waals surface area contributed by atoms with E-state index in [-0.39, 0.29) is 0 Å². The van der Waals surface area contributed by atoms with E-state index in [4.69, 9.17) is 4.74 Å². The summed E-state index contributed by atoms with van der Waals surface area (Å²) in [5.74, 6) is 0.655. The fourth-order valence-corrected chi connectivity index (χ4v) is 2.35. The minimum atomic E-state index is 0.531. The van der Waals surface area contributed by atoms with Gasteiger partial charge in [-0.05, 0) is 35.2 Å². The smallest absolute Gasteiger partial charge is 0.213 e. The first kappa shape index (κ1) is 13.4. The lowest BCUT2D eigenvalue weighted by atomic mass is 9.97. The molecule has 0 aliphatic heterocycles. The van der Waals surface area contributed by atoms with Gasteiger partial charge in [0.15, 0.2) is 0 Å². The Kier molecular flexibility index (Phi) is 3.97. The van der Waals surface area contributed by atoms with Gasteiger partial charge in [-0.3, -0.25) is 0 Å². The predicted octanol–water partition coefficient (Wildman–Crippen LogP) is 4.64. The average molecular weight is 275 g/mol. The van der Waals surface area contributed by atoms with Gasteiger partial charge >= 0.3 is 0 Å². The monoisotopic (exact) mass is 275 g/mol. The molecular formula is C19H17NO. The first-order valence-corrected chi connectivity index (χ1v) is 7.02. The van der Waals surface area contributed by atoms with Crippen molar-refractivity contribution in [3.05, 3.63) is 84.1 Å². The van der Waals surface area contributed by atoms with Crippen molar-refractivity contribution in [1.82, 2.24) is 4.98 Å². The third kappa shape index (κ3) is 3.11. The molecular weight excluding hydrogens is 258 g/mol. The lowest BCUT2D eigenvalue weighted by molar-refractivity contribution is 0.293. The Labute approximate surface area is 125 Å². The number of aromatic nitrogens is 1. The molecule has 0 radical (unpaired) electrons. The molecule has 0 unspecified atom stereocenters. The molecule has 0 spiro atoms. The van der Waals surface area contributed by atoms with Crippen LogP contribution in [0.2, 0.25) is 0 Å². The quantitative estimate of drug-likeness (QED) is 0.692. The van der Waals surface area contributed by atoms with Crippen LogP contribution in [0.1, 0.15) is 11.1 Å². The Balaban J connectivity index is 1.84. The Morgan fingerprint density at radius 1 is 0.857 bits per heavy atom. The van der Waals surface area contributed by atoms with Crippen molar-refractivity contribution in [1.29, 1.82) is 0 Å². The maximum absolute atomic E-state index is 5.75. The van der Waals surface area contributed by atoms with Crippen molar-refractivity contribution in [2.75, 3.05) is 0 Å². The zero-order valence-corrected chi connectivity index (χ0v) is 12.0. The van der Waals surface area contributed by atoms with Crippen LogP contribution >= 0.6 is 0 Å². The van der Waals surface area contributed by atoms with Crippen molar-refractivity contribution in [3.63, 3.8) is 0 Å². The lowest BCUT2D eigenvalue weighted by Gasteiger charge is -2.12. The number of ether oxygens (including phenoxy) is 1.